The molecular weight excluding hydrogens is 348 g/mol. The second-order valence-corrected chi connectivity index (χ2v) is 6.16. The van der Waals surface area contributed by atoms with E-state index in [0.29, 0.717) is 10.2 Å². The lowest BCUT2D eigenvalue weighted by Gasteiger charge is -2.04. The van der Waals surface area contributed by atoms with Gasteiger partial charge in [-0.1, -0.05) is 23.7 Å². The van der Waals surface area contributed by atoms with Crippen molar-refractivity contribution >= 4 is 34.0 Å². The van der Waals surface area contributed by atoms with Crippen LogP contribution in [-0.2, 0) is 4.79 Å². The van der Waals surface area contributed by atoms with Gasteiger partial charge in [-0.25, -0.2) is 15.0 Å². The zero-order valence-corrected chi connectivity index (χ0v) is 14.3. The van der Waals surface area contributed by atoms with E-state index in [-0.39, 0.29) is 18.5 Å². The van der Waals surface area contributed by atoms with Gasteiger partial charge in [0.15, 0.2) is 11.7 Å². The first-order valence-electron chi connectivity index (χ1n) is 7.04. The fourth-order valence-electron chi connectivity index (χ4n) is 1.87. The van der Waals surface area contributed by atoms with Gasteiger partial charge in [0.2, 0.25) is 0 Å². The maximum absolute atomic E-state index is 11.9. The first kappa shape index (κ1) is 16.4. The molecule has 24 heavy (non-hydrogen) atoms. The number of anilines is 1. The Labute approximate surface area is 147 Å². The summed E-state index contributed by atoms with van der Waals surface area (Å²) in [5, 5.41) is 5.72. The highest BCUT2D eigenvalue weighted by Gasteiger charge is 2.09. The molecule has 2 heterocycles. The van der Waals surface area contributed by atoms with Gasteiger partial charge in [-0.05, 0) is 25.1 Å². The van der Waals surface area contributed by atoms with Crippen LogP contribution in [0.5, 0.6) is 6.01 Å². The molecule has 0 aliphatic heterocycles. The molecule has 0 unspecified atom stereocenters. The minimum atomic E-state index is -0.322. The number of carbonyl (C=O) groups excluding carboxylic acids is 1. The number of thiazole rings is 1. The molecule has 2 aromatic heterocycles. The number of nitrogens with one attached hydrogen (secondary N) is 1. The van der Waals surface area contributed by atoms with E-state index in [1.807, 2.05) is 24.4 Å². The molecule has 1 aromatic carbocycles. The average Bonchev–Trinajstić information content (AvgIpc) is 3.02. The molecule has 0 saturated heterocycles. The lowest BCUT2D eigenvalue weighted by molar-refractivity contribution is -0.118. The number of rotatable bonds is 5. The molecule has 0 fully saturated rings. The molecule has 0 aliphatic carbocycles. The molecule has 0 bridgehead atoms. The van der Waals surface area contributed by atoms with Crippen LogP contribution in [0.4, 0.5) is 5.13 Å². The van der Waals surface area contributed by atoms with E-state index in [0.717, 1.165) is 17.0 Å². The molecule has 0 aliphatic rings. The van der Waals surface area contributed by atoms with E-state index < -0.39 is 0 Å². The Bertz CT molecular complexity index is 851. The number of amides is 1. The SMILES string of the molecule is Cc1ccnc(OCC(=O)Nc2nc(-c3ccc(Cl)cc3)cs2)n1. The average molecular weight is 361 g/mol. The summed E-state index contributed by atoms with van der Waals surface area (Å²) in [6, 6.07) is 9.27. The number of ether oxygens (including phenoxy) is 1. The molecule has 8 heteroatoms. The Kier molecular flexibility index (Phi) is 5.02. The first-order valence-corrected chi connectivity index (χ1v) is 8.30. The van der Waals surface area contributed by atoms with Gasteiger partial charge < -0.3 is 4.74 Å². The normalized spacial score (nSPS) is 10.4. The number of benzene rings is 1. The van der Waals surface area contributed by atoms with Crippen molar-refractivity contribution in [2.75, 3.05) is 11.9 Å². The van der Waals surface area contributed by atoms with Crippen molar-refractivity contribution in [1.29, 1.82) is 0 Å². The first-order chi connectivity index (χ1) is 11.6. The van der Waals surface area contributed by atoms with Gasteiger partial charge in [0.1, 0.15) is 0 Å². The minimum Gasteiger partial charge on any atom is -0.453 e. The summed E-state index contributed by atoms with van der Waals surface area (Å²) < 4.78 is 5.25. The van der Waals surface area contributed by atoms with Crippen LogP contribution in [-0.4, -0.2) is 27.5 Å². The molecule has 6 nitrogen and oxygen atoms in total. The molecule has 0 radical (unpaired) electrons. The lowest BCUT2D eigenvalue weighted by Crippen LogP contribution is -2.20. The zero-order valence-electron chi connectivity index (χ0n) is 12.7. The molecule has 1 N–H and O–H groups in total. The number of hydrogen-bond acceptors (Lipinski definition) is 6. The van der Waals surface area contributed by atoms with Crippen molar-refractivity contribution in [3.63, 3.8) is 0 Å². The van der Waals surface area contributed by atoms with Gasteiger partial charge in [0.05, 0.1) is 5.69 Å². The Morgan fingerprint density at radius 1 is 1.25 bits per heavy atom. The fraction of sp³-hybridized carbons (Fsp3) is 0.125. The summed E-state index contributed by atoms with van der Waals surface area (Å²) >= 11 is 7.21. The molecular formula is C16H13ClN4O2S. The number of carbonyl (C=O) groups is 1. The van der Waals surface area contributed by atoms with Gasteiger partial charge in [-0.15, -0.1) is 11.3 Å². The van der Waals surface area contributed by atoms with Crippen LogP contribution >= 0.6 is 22.9 Å². The predicted octanol–water partition coefficient (Wildman–Crippen LogP) is 3.58. The van der Waals surface area contributed by atoms with Crippen molar-refractivity contribution < 1.29 is 9.53 Å². The molecule has 0 spiro atoms. The summed E-state index contributed by atoms with van der Waals surface area (Å²) in [6.07, 6.45) is 1.58. The van der Waals surface area contributed by atoms with Crippen molar-refractivity contribution in [1.82, 2.24) is 15.0 Å². The summed E-state index contributed by atoms with van der Waals surface area (Å²) in [4.78, 5) is 24.3. The van der Waals surface area contributed by atoms with Crippen molar-refractivity contribution in [3.8, 4) is 17.3 Å². The van der Waals surface area contributed by atoms with Crippen molar-refractivity contribution in [2.24, 2.45) is 0 Å². The smallest absolute Gasteiger partial charge is 0.317 e. The topological polar surface area (TPSA) is 77.0 Å². The highest BCUT2D eigenvalue weighted by atomic mass is 35.5. The molecule has 0 saturated carbocycles. The Morgan fingerprint density at radius 2 is 2.04 bits per heavy atom. The van der Waals surface area contributed by atoms with E-state index in [1.54, 1.807) is 24.4 Å². The Balaban J connectivity index is 1.58. The van der Waals surface area contributed by atoms with Crippen LogP contribution in [0.25, 0.3) is 11.3 Å². The predicted molar refractivity (Wildman–Crippen MR) is 93.5 cm³/mol. The van der Waals surface area contributed by atoms with E-state index in [4.69, 9.17) is 16.3 Å². The van der Waals surface area contributed by atoms with Gasteiger partial charge >= 0.3 is 6.01 Å². The van der Waals surface area contributed by atoms with E-state index in [9.17, 15) is 4.79 Å². The zero-order chi connectivity index (χ0) is 16.9. The number of hydrogen-bond donors (Lipinski definition) is 1. The highest BCUT2D eigenvalue weighted by Crippen LogP contribution is 2.25. The molecule has 3 aromatic rings. The number of halogens is 1. The summed E-state index contributed by atoms with van der Waals surface area (Å²) in [6.45, 7) is 1.64. The molecule has 3 rings (SSSR count). The van der Waals surface area contributed by atoms with Crippen LogP contribution < -0.4 is 10.1 Å². The largest absolute Gasteiger partial charge is 0.453 e. The maximum Gasteiger partial charge on any atom is 0.317 e. The van der Waals surface area contributed by atoms with E-state index >= 15 is 0 Å². The lowest BCUT2D eigenvalue weighted by atomic mass is 10.2. The number of aryl methyl sites for hydroxylation is 1. The van der Waals surface area contributed by atoms with Gasteiger partial charge in [-0.2, -0.15) is 0 Å². The van der Waals surface area contributed by atoms with Crippen LogP contribution in [0.1, 0.15) is 5.69 Å². The summed E-state index contributed by atoms with van der Waals surface area (Å²) in [7, 11) is 0. The monoisotopic (exact) mass is 360 g/mol. The van der Waals surface area contributed by atoms with Gasteiger partial charge in [-0.3, -0.25) is 10.1 Å². The van der Waals surface area contributed by atoms with Crippen LogP contribution in [0.15, 0.2) is 41.9 Å². The Hall–Kier alpha value is -2.51. The van der Waals surface area contributed by atoms with E-state index in [2.05, 4.69) is 20.3 Å². The van der Waals surface area contributed by atoms with E-state index in [1.165, 1.54) is 11.3 Å². The van der Waals surface area contributed by atoms with Gasteiger partial charge in [0.25, 0.3) is 5.91 Å². The van der Waals surface area contributed by atoms with Crippen LogP contribution in [0.2, 0.25) is 5.02 Å². The summed E-state index contributed by atoms with van der Waals surface area (Å²) in [5.74, 6) is -0.322. The fourth-order valence-corrected chi connectivity index (χ4v) is 2.73. The summed E-state index contributed by atoms with van der Waals surface area (Å²) in [5.41, 5.74) is 2.48. The Morgan fingerprint density at radius 3 is 2.79 bits per heavy atom. The number of aromatic nitrogens is 3. The van der Waals surface area contributed by atoms with Crippen LogP contribution in [0.3, 0.4) is 0 Å². The van der Waals surface area contributed by atoms with Crippen molar-refractivity contribution in [3.05, 3.63) is 52.6 Å². The standard InChI is InChI=1S/C16H13ClN4O2S/c1-10-6-7-18-15(19-10)23-8-14(22)21-16-20-13(9-24-16)11-2-4-12(17)5-3-11/h2-7,9H,8H2,1H3,(H,20,21,22). The maximum atomic E-state index is 11.9. The quantitative estimate of drug-likeness (QED) is 0.752. The number of nitrogens with zero attached hydrogens (tertiary/aromatic N) is 3. The molecule has 1 amide bonds. The molecule has 0 atom stereocenters. The second-order valence-electron chi connectivity index (χ2n) is 4.86. The second kappa shape index (κ2) is 7.37. The minimum absolute atomic E-state index is 0.172. The third kappa shape index (κ3) is 4.27. The van der Waals surface area contributed by atoms with Crippen LogP contribution in [0, 0.1) is 6.92 Å². The molecule has 122 valence electrons. The third-order valence-electron chi connectivity index (χ3n) is 3.00. The van der Waals surface area contributed by atoms with Crippen molar-refractivity contribution in [2.45, 2.75) is 6.92 Å². The van der Waals surface area contributed by atoms with Gasteiger partial charge in [0, 0.05) is 27.9 Å². The third-order valence-corrected chi connectivity index (χ3v) is 4.01. The highest BCUT2D eigenvalue weighted by molar-refractivity contribution is 7.14.